The molecule has 1 saturated heterocycles. The third-order valence-electron chi connectivity index (χ3n) is 3.28. The summed E-state index contributed by atoms with van der Waals surface area (Å²) in [6.45, 7) is 0.100. The summed E-state index contributed by atoms with van der Waals surface area (Å²) in [6.07, 6.45) is 0.153. The number of benzene rings is 1. The van der Waals surface area contributed by atoms with Crippen LogP contribution in [0, 0.1) is 10.1 Å². The number of primary amides is 1. The zero-order chi connectivity index (χ0) is 15.6. The number of nitro groups is 1. The van der Waals surface area contributed by atoms with E-state index in [0.717, 1.165) is 6.07 Å². The van der Waals surface area contributed by atoms with Gasteiger partial charge in [-0.3, -0.25) is 14.9 Å². The Bertz CT molecular complexity index is 609. The van der Waals surface area contributed by atoms with Crippen LogP contribution in [0.5, 0.6) is 0 Å². The average Bonchev–Trinajstić information content (AvgIpc) is 2.88. The van der Waals surface area contributed by atoms with Crippen molar-refractivity contribution in [3.8, 4) is 0 Å². The number of anilines is 1. The van der Waals surface area contributed by atoms with Crippen molar-refractivity contribution in [2.75, 3.05) is 18.5 Å². The molecule has 9 heteroatoms. The molecular formula is C12H13N3O6. The average molecular weight is 295 g/mol. The quantitative estimate of drug-likeness (QED) is 0.524. The number of nitrogens with one attached hydrogen (secondary N) is 1. The lowest BCUT2D eigenvalue weighted by atomic mass is 9.98. The number of carboxylic acid groups (broad SMARTS) is 1. The maximum absolute atomic E-state index is 11.4. The highest BCUT2D eigenvalue weighted by Crippen LogP contribution is 2.31. The largest absolute Gasteiger partial charge is 0.479 e. The molecule has 1 heterocycles. The van der Waals surface area contributed by atoms with Gasteiger partial charge in [0.2, 0.25) is 5.91 Å². The molecule has 0 radical (unpaired) electrons. The number of carbonyl (C=O) groups is 2. The summed E-state index contributed by atoms with van der Waals surface area (Å²) < 4.78 is 5.07. The number of hydrogen-bond donors (Lipinski definition) is 3. The summed E-state index contributed by atoms with van der Waals surface area (Å²) in [5, 5.41) is 23.0. The normalized spacial score (nSPS) is 21.0. The second-order valence-corrected chi connectivity index (χ2v) is 4.67. The van der Waals surface area contributed by atoms with Crippen LogP contribution in [0.2, 0.25) is 0 Å². The lowest BCUT2D eigenvalue weighted by Gasteiger charge is -2.24. The minimum absolute atomic E-state index is 0.0440. The monoisotopic (exact) mass is 295 g/mol. The molecule has 4 N–H and O–H groups in total. The van der Waals surface area contributed by atoms with E-state index in [9.17, 15) is 24.8 Å². The molecular weight excluding hydrogens is 282 g/mol. The number of nitro benzene ring substituents is 1. The van der Waals surface area contributed by atoms with Gasteiger partial charge in [-0.15, -0.1) is 0 Å². The number of rotatable bonds is 5. The Morgan fingerprint density at radius 2 is 2.19 bits per heavy atom. The molecule has 1 aliphatic rings. The Morgan fingerprint density at radius 1 is 1.48 bits per heavy atom. The molecule has 1 amide bonds. The zero-order valence-corrected chi connectivity index (χ0v) is 10.9. The van der Waals surface area contributed by atoms with E-state index in [0.29, 0.717) is 0 Å². The van der Waals surface area contributed by atoms with E-state index in [2.05, 4.69) is 5.32 Å². The predicted molar refractivity (Wildman–Crippen MR) is 71.0 cm³/mol. The van der Waals surface area contributed by atoms with Gasteiger partial charge in [0.1, 0.15) is 5.69 Å². The van der Waals surface area contributed by atoms with Gasteiger partial charge in [0.15, 0.2) is 5.54 Å². The Morgan fingerprint density at radius 3 is 2.67 bits per heavy atom. The second kappa shape index (κ2) is 5.37. The summed E-state index contributed by atoms with van der Waals surface area (Å²) in [4.78, 5) is 32.9. The zero-order valence-electron chi connectivity index (χ0n) is 10.9. The van der Waals surface area contributed by atoms with Gasteiger partial charge in [-0.05, 0) is 12.1 Å². The highest BCUT2D eigenvalue weighted by molar-refractivity contribution is 5.95. The highest BCUT2D eigenvalue weighted by atomic mass is 16.6. The Labute approximate surface area is 118 Å². The van der Waals surface area contributed by atoms with Crippen LogP contribution in [0.25, 0.3) is 0 Å². The van der Waals surface area contributed by atoms with Crippen molar-refractivity contribution in [2.24, 2.45) is 5.73 Å². The van der Waals surface area contributed by atoms with Gasteiger partial charge in [-0.2, -0.15) is 0 Å². The predicted octanol–water partition coefficient (Wildman–Crippen LogP) is 0.349. The lowest BCUT2D eigenvalue weighted by molar-refractivity contribution is -0.384. The van der Waals surface area contributed by atoms with Crippen LogP contribution in [0.15, 0.2) is 18.2 Å². The maximum atomic E-state index is 11.4. The molecule has 1 fully saturated rings. The minimum Gasteiger partial charge on any atom is -0.479 e. The number of nitrogens with two attached hydrogens (primary N) is 1. The number of ether oxygens (including phenoxy) is 1. The van der Waals surface area contributed by atoms with Crippen LogP contribution < -0.4 is 11.1 Å². The minimum atomic E-state index is -1.46. The molecule has 1 aliphatic heterocycles. The number of carbonyl (C=O) groups excluding carboxylic acids is 1. The SMILES string of the molecule is NC(=O)c1ccc([N+](=O)[O-])c(NC2(C(=O)O)CCOC2)c1. The molecule has 21 heavy (non-hydrogen) atoms. The summed E-state index contributed by atoms with van der Waals surface area (Å²) in [6, 6.07) is 3.49. The van der Waals surface area contributed by atoms with Gasteiger partial charge in [0.05, 0.1) is 11.5 Å². The van der Waals surface area contributed by atoms with E-state index in [1.165, 1.54) is 12.1 Å². The standard InChI is InChI=1S/C12H13N3O6/c13-10(16)7-1-2-9(15(19)20)8(5-7)14-12(11(17)18)3-4-21-6-12/h1-2,5,14H,3-4,6H2,(H2,13,16)(H,17,18). The van der Waals surface area contributed by atoms with Crippen molar-refractivity contribution in [3.63, 3.8) is 0 Å². The van der Waals surface area contributed by atoms with Crippen molar-refractivity contribution in [2.45, 2.75) is 12.0 Å². The first-order chi connectivity index (χ1) is 9.85. The van der Waals surface area contributed by atoms with Crippen molar-refractivity contribution in [3.05, 3.63) is 33.9 Å². The molecule has 1 aromatic carbocycles. The molecule has 2 rings (SSSR count). The first-order valence-corrected chi connectivity index (χ1v) is 6.03. The van der Waals surface area contributed by atoms with E-state index >= 15 is 0 Å². The summed E-state index contributed by atoms with van der Waals surface area (Å²) in [5.41, 5.74) is 3.30. The number of amides is 1. The third kappa shape index (κ3) is 2.77. The van der Waals surface area contributed by atoms with Crippen LogP contribution in [0.1, 0.15) is 16.8 Å². The van der Waals surface area contributed by atoms with Gasteiger partial charge in [0, 0.05) is 24.7 Å². The Kier molecular flexibility index (Phi) is 3.76. The van der Waals surface area contributed by atoms with E-state index in [4.69, 9.17) is 10.5 Å². The molecule has 1 atom stereocenters. The fourth-order valence-corrected chi connectivity index (χ4v) is 2.09. The third-order valence-corrected chi connectivity index (χ3v) is 3.28. The van der Waals surface area contributed by atoms with Crippen LogP contribution in [-0.4, -0.2) is 40.7 Å². The molecule has 0 spiro atoms. The Balaban J connectivity index is 2.45. The number of nitrogens with zero attached hydrogens (tertiary/aromatic N) is 1. The molecule has 1 unspecified atom stereocenters. The molecule has 0 aromatic heterocycles. The fraction of sp³-hybridized carbons (Fsp3) is 0.333. The summed E-state index contributed by atoms with van der Waals surface area (Å²) >= 11 is 0. The van der Waals surface area contributed by atoms with Crippen LogP contribution >= 0.6 is 0 Å². The molecule has 0 aliphatic carbocycles. The lowest BCUT2D eigenvalue weighted by Crippen LogP contribution is -2.47. The van der Waals surface area contributed by atoms with Crippen molar-refractivity contribution in [1.82, 2.24) is 0 Å². The fourth-order valence-electron chi connectivity index (χ4n) is 2.09. The first kappa shape index (κ1) is 14.7. The van der Waals surface area contributed by atoms with Gasteiger partial charge in [-0.1, -0.05) is 0 Å². The number of aliphatic carboxylic acids is 1. The van der Waals surface area contributed by atoms with E-state index in [-0.39, 0.29) is 36.6 Å². The maximum Gasteiger partial charge on any atom is 0.331 e. The molecule has 1 aromatic rings. The van der Waals surface area contributed by atoms with Gasteiger partial charge < -0.3 is 20.9 Å². The van der Waals surface area contributed by atoms with Crippen molar-refractivity contribution in [1.29, 1.82) is 0 Å². The topological polar surface area (TPSA) is 145 Å². The van der Waals surface area contributed by atoms with Gasteiger partial charge >= 0.3 is 5.97 Å². The Hall–Kier alpha value is -2.68. The molecule has 0 saturated carbocycles. The molecule has 0 bridgehead atoms. The van der Waals surface area contributed by atoms with Crippen LogP contribution in [0.4, 0.5) is 11.4 Å². The molecule has 9 nitrogen and oxygen atoms in total. The molecule has 112 valence electrons. The van der Waals surface area contributed by atoms with Gasteiger partial charge in [-0.25, -0.2) is 4.79 Å². The number of hydrogen-bond acceptors (Lipinski definition) is 6. The van der Waals surface area contributed by atoms with E-state index in [1.807, 2.05) is 0 Å². The first-order valence-electron chi connectivity index (χ1n) is 6.03. The number of carboxylic acids is 1. The van der Waals surface area contributed by atoms with Crippen LogP contribution in [0.3, 0.4) is 0 Å². The van der Waals surface area contributed by atoms with E-state index in [1.54, 1.807) is 0 Å². The van der Waals surface area contributed by atoms with Crippen molar-refractivity contribution >= 4 is 23.3 Å². The summed E-state index contributed by atoms with van der Waals surface area (Å²) in [5.74, 6) is -1.95. The van der Waals surface area contributed by atoms with Gasteiger partial charge in [0.25, 0.3) is 5.69 Å². The second-order valence-electron chi connectivity index (χ2n) is 4.67. The highest BCUT2D eigenvalue weighted by Gasteiger charge is 2.43. The smallest absolute Gasteiger partial charge is 0.331 e. The van der Waals surface area contributed by atoms with Crippen LogP contribution in [-0.2, 0) is 9.53 Å². The van der Waals surface area contributed by atoms with E-state index < -0.39 is 22.3 Å². The summed E-state index contributed by atoms with van der Waals surface area (Å²) in [7, 11) is 0. The van der Waals surface area contributed by atoms with Crippen molar-refractivity contribution < 1.29 is 24.4 Å².